The molecule has 3 rings (SSSR count). The third-order valence-electron chi connectivity index (χ3n) is 5.03. The Morgan fingerprint density at radius 3 is 2.23 bits per heavy atom. The number of piperidine rings is 1. The van der Waals surface area contributed by atoms with E-state index in [1.165, 1.54) is 28.6 Å². The first kappa shape index (κ1) is 22.3. The highest BCUT2D eigenvalue weighted by Gasteiger charge is 2.34. The second-order valence-electron chi connectivity index (χ2n) is 7.12. The molecule has 1 N–H and O–H groups in total. The zero-order valence-electron chi connectivity index (χ0n) is 16.7. The highest BCUT2D eigenvalue weighted by atomic mass is 32.2. The smallest absolute Gasteiger partial charge is 0.244 e. The molecule has 0 unspecified atom stereocenters. The number of carbonyl (C=O) groups excluding carboxylic acids is 1. The Hall–Kier alpha value is -2.43. The van der Waals surface area contributed by atoms with Crippen LogP contribution in [0.3, 0.4) is 0 Å². The van der Waals surface area contributed by atoms with Crippen LogP contribution in [0.15, 0.2) is 58.3 Å². The van der Waals surface area contributed by atoms with Crippen molar-refractivity contribution in [2.45, 2.75) is 22.6 Å². The predicted molar refractivity (Wildman–Crippen MR) is 113 cm³/mol. The van der Waals surface area contributed by atoms with Crippen molar-refractivity contribution < 1.29 is 26.4 Å². The van der Waals surface area contributed by atoms with Crippen molar-refractivity contribution in [3.05, 3.63) is 48.5 Å². The second-order valence-corrected chi connectivity index (χ2v) is 11.0. The predicted octanol–water partition coefficient (Wildman–Crippen LogP) is 2.14. The van der Waals surface area contributed by atoms with Gasteiger partial charge in [0.25, 0.3) is 0 Å². The molecule has 10 heteroatoms. The molecule has 1 amide bonds. The molecule has 162 valence electrons. The average molecular weight is 453 g/mol. The highest BCUT2D eigenvalue weighted by molar-refractivity contribution is 7.93. The second kappa shape index (κ2) is 8.75. The molecule has 0 bridgehead atoms. The Kier molecular flexibility index (Phi) is 6.49. The van der Waals surface area contributed by atoms with E-state index in [1.807, 2.05) is 0 Å². The first-order chi connectivity index (χ1) is 14.1. The number of sulfonamides is 1. The van der Waals surface area contributed by atoms with Gasteiger partial charge in [-0.2, -0.15) is 4.31 Å². The molecule has 1 aliphatic heterocycles. The van der Waals surface area contributed by atoms with E-state index in [0.717, 1.165) is 6.26 Å². The normalized spacial score (nSPS) is 16.2. The summed E-state index contributed by atoms with van der Waals surface area (Å²) in [5, 5.41) is 2.83. The number of sulfone groups is 1. The summed E-state index contributed by atoms with van der Waals surface area (Å²) in [4.78, 5) is 12.1. The summed E-state index contributed by atoms with van der Waals surface area (Å²) < 4.78 is 56.5. The molecule has 0 radical (unpaired) electrons. The highest BCUT2D eigenvalue weighted by Crippen LogP contribution is 2.28. The summed E-state index contributed by atoms with van der Waals surface area (Å²) in [6.07, 6.45) is 1.67. The molecule has 1 saturated heterocycles. The van der Waals surface area contributed by atoms with E-state index >= 15 is 0 Å². The van der Waals surface area contributed by atoms with Crippen molar-refractivity contribution in [3.63, 3.8) is 0 Å². The van der Waals surface area contributed by atoms with Crippen LogP contribution in [-0.2, 0) is 24.7 Å². The number of nitrogens with one attached hydrogen (secondary N) is 1. The molecule has 0 atom stereocenters. The van der Waals surface area contributed by atoms with Crippen LogP contribution >= 0.6 is 0 Å². The fraction of sp³-hybridized carbons (Fsp3) is 0.350. The maximum atomic E-state index is 13.0. The summed E-state index contributed by atoms with van der Waals surface area (Å²) >= 11 is 0. The van der Waals surface area contributed by atoms with Gasteiger partial charge in [0.05, 0.1) is 12.0 Å². The Morgan fingerprint density at radius 1 is 1.00 bits per heavy atom. The van der Waals surface area contributed by atoms with E-state index in [2.05, 4.69) is 5.32 Å². The van der Waals surface area contributed by atoms with Crippen molar-refractivity contribution in [3.8, 4) is 5.75 Å². The summed E-state index contributed by atoms with van der Waals surface area (Å²) in [5.41, 5.74) is 0.608. The minimum atomic E-state index is -3.99. The number of methoxy groups -OCH3 is 1. The van der Waals surface area contributed by atoms with Gasteiger partial charge in [-0.25, -0.2) is 16.8 Å². The molecule has 8 nitrogen and oxygen atoms in total. The average Bonchev–Trinajstić information content (AvgIpc) is 2.73. The van der Waals surface area contributed by atoms with Gasteiger partial charge in [-0.15, -0.1) is 0 Å². The first-order valence-electron chi connectivity index (χ1n) is 9.37. The molecular weight excluding hydrogens is 428 g/mol. The summed E-state index contributed by atoms with van der Waals surface area (Å²) in [5.74, 6) is 0.0999. The molecule has 0 spiro atoms. The van der Waals surface area contributed by atoms with Gasteiger partial charge in [-0.3, -0.25) is 4.79 Å². The minimum absolute atomic E-state index is 0.136. The number of hydrogen-bond donors (Lipinski definition) is 1. The molecule has 2 aromatic carbocycles. The van der Waals surface area contributed by atoms with Gasteiger partial charge in [0.15, 0.2) is 9.84 Å². The zero-order chi connectivity index (χ0) is 21.9. The van der Waals surface area contributed by atoms with Crippen molar-refractivity contribution in [2.24, 2.45) is 5.92 Å². The summed E-state index contributed by atoms with van der Waals surface area (Å²) in [7, 11) is -6.15. The van der Waals surface area contributed by atoms with Crippen LogP contribution in [0.1, 0.15) is 12.8 Å². The molecule has 0 saturated carbocycles. The Labute approximate surface area is 176 Å². The number of anilines is 1. The maximum Gasteiger partial charge on any atom is 0.244 e. The molecule has 2 aromatic rings. The number of amides is 1. The number of rotatable bonds is 6. The number of benzene rings is 2. The van der Waals surface area contributed by atoms with Crippen molar-refractivity contribution in [1.82, 2.24) is 4.31 Å². The van der Waals surface area contributed by atoms with Gasteiger partial charge < -0.3 is 10.1 Å². The fourth-order valence-corrected chi connectivity index (χ4v) is 6.48. The van der Waals surface area contributed by atoms with Gasteiger partial charge >= 0.3 is 0 Å². The van der Waals surface area contributed by atoms with Crippen LogP contribution in [0.2, 0.25) is 0 Å². The lowest BCUT2D eigenvalue weighted by molar-refractivity contribution is -0.120. The lowest BCUT2D eigenvalue weighted by Gasteiger charge is -2.31. The third-order valence-corrected chi connectivity index (χ3v) is 8.27. The number of ether oxygens (including phenoxy) is 1. The van der Waals surface area contributed by atoms with Crippen LogP contribution in [-0.4, -0.2) is 53.5 Å². The topological polar surface area (TPSA) is 110 Å². The largest absolute Gasteiger partial charge is 0.497 e. The lowest BCUT2D eigenvalue weighted by Crippen LogP contribution is -2.41. The van der Waals surface area contributed by atoms with Gasteiger partial charge in [-0.1, -0.05) is 18.2 Å². The monoisotopic (exact) mass is 452 g/mol. The summed E-state index contributed by atoms with van der Waals surface area (Å²) in [6.45, 7) is 0.271. The molecule has 1 aliphatic rings. The van der Waals surface area contributed by atoms with E-state index in [9.17, 15) is 21.6 Å². The van der Waals surface area contributed by atoms with E-state index in [-0.39, 0.29) is 34.7 Å². The summed E-state index contributed by atoms with van der Waals surface area (Å²) in [6, 6.07) is 12.6. The maximum absolute atomic E-state index is 13.0. The zero-order valence-corrected chi connectivity index (χ0v) is 18.4. The standard InChI is InChI=1S/C20H24N2O6S2/c1-28-17-7-5-6-16(14-17)21-20(23)15-10-12-22(13-11-15)30(26,27)19-9-4-3-8-18(19)29(2,24)25/h3-9,14-15H,10-13H2,1-2H3,(H,21,23). The number of nitrogens with zero attached hydrogens (tertiary/aromatic N) is 1. The quantitative estimate of drug-likeness (QED) is 0.719. The molecule has 1 heterocycles. The molecular formula is C20H24N2O6S2. The van der Waals surface area contributed by atoms with Crippen LogP contribution in [0.25, 0.3) is 0 Å². The third kappa shape index (κ3) is 4.82. The molecule has 0 aromatic heterocycles. The van der Waals surface area contributed by atoms with Crippen LogP contribution in [0.5, 0.6) is 5.75 Å². The molecule has 1 fully saturated rings. The van der Waals surface area contributed by atoms with Crippen molar-refractivity contribution >= 4 is 31.5 Å². The fourth-order valence-electron chi connectivity index (χ4n) is 3.41. The van der Waals surface area contributed by atoms with Gasteiger partial charge in [-0.05, 0) is 37.1 Å². The lowest BCUT2D eigenvalue weighted by atomic mass is 9.97. The minimum Gasteiger partial charge on any atom is -0.497 e. The van der Waals surface area contributed by atoms with E-state index < -0.39 is 19.9 Å². The van der Waals surface area contributed by atoms with E-state index in [0.29, 0.717) is 24.3 Å². The van der Waals surface area contributed by atoms with Gasteiger partial charge in [0.1, 0.15) is 10.6 Å². The SMILES string of the molecule is COc1cccc(NC(=O)C2CCN(S(=O)(=O)c3ccccc3S(C)(=O)=O)CC2)c1. The molecule has 0 aliphatic carbocycles. The van der Waals surface area contributed by atoms with Crippen LogP contribution < -0.4 is 10.1 Å². The first-order valence-corrected chi connectivity index (χ1v) is 12.7. The van der Waals surface area contributed by atoms with Crippen LogP contribution in [0, 0.1) is 5.92 Å². The Bertz CT molecular complexity index is 1140. The van der Waals surface area contributed by atoms with Crippen molar-refractivity contribution in [1.29, 1.82) is 0 Å². The number of hydrogen-bond acceptors (Lipinski definition) is 6. The van der Waals surface area contributed by atoms with Crippen molar-refractivity contribution in [2.75, 3.05) is 31.8 Å². The van der Waals surface area contributed by atoms with Gasteiger partial charge in [0, 0.05) is 37.0 Å². The number of carbonyl (C=O) groups is 1. The van der Waals surface area contributed by atoms with Crippen LogP contribution in [0.4, 0.5) is 5.69 Å². The van der Waals surface area contributed by atoms with E-state index in [4.69, 9.17) is 4.74 Å². The van der Waals surface area contributed by atoms with Gasteiger partial charge in [0.2, 0.25) is 15.9 Å². The van der Waals surface area contributed by atoms with E-state index in [1.54, 1.807) is 31.4 Å². The Morgan fingerprint density at radius 2 is 1.63 bits per heavy atom. The molecule has 30 heavy (non-hydrogen) atoms. The Balaban J connectivity index is 1.70.